The van der Waals surface area contributed by atoms with Crippen LogP contribution in [0.15, 0.2) is 60.9 Å². The predicted molar refractivity (Wildman–Crippen MR) is 119 cm³/mol. The lowest BCUT2D eigenvalue weighted by Crippen LogP contribution is -2.09. The average Bonchev–Trinajstić information content (AvgIpc) is 3.47. The predicted octanol–water partition coefficient (Wildman–Crippen LogP) is 3.11. The Bertz CT molecular complexity index is 1460. The normalized spacial score (nSPS) is 11.0. The van der Waals surface area contributed by atoms with Gasteiger partial charge in [0.2, 0.25) is 0 Å². The molecule has 4 heterocycles. The molecule has 0 aliphatic carbocycles. The molecule has 0 bridgehead atoms. The standard InChI is InChI=1S/C23H19N9/c1-2-31-20(14-27-30-31)22-21(18-9-4-3-7-15(18)13-24)28-23(25)19-12-17(29-32(19)22)11-16-8-5-6-10-26-16/h3-10,12,14H,2,11H2,1H3,(H2,25,28). The minimum Gasteiger partial charge on any atom is -0.382 e. The van der Waals surface area contributed by atoms with Gasteiger partial charge in [0.25, 0.3) is 0 Å². The summed E-state index contributed by atoms with van der Waals surface area (Å²) in [4.78, 5) is 9.11. The van der Waals surface area contributed by atoms with E-state index in [1.54, 1.807) is 27.7 Å². The molecule has 0 unspecified atom stereocenters. The fourth-order valence-electron chi connectivity index (χ4n) is 3.77. The number of fused-ring (bicyclic) bond motifs is 1. The number of rotatable bonds is 5. The summed E-state index contributed by atoms with van der Waals surface area (Å²) in [6.07, 6.45) is 3.99. The quantitative estimate of drug-likeness (QED) is 0.462. The molecule has 156 valence electrons. The molecule has 0 atom stereocenters. The van der Waals surface area contributed by atoms with Crippen LogP contribution in [0.25, 0.3) is 28.2 Å². The number of aryl methyl sites for hydroxylation is 1. The van der Waals surface area contributed by atoms with E-state index in [2.05, 4.69) is 21.4 Å². The number of hydrogen-bond acceptors (Lipinski definition) is 7. The SMILES string of the molecule is CCn1nncc1-c1c(-c2ccccc2C#N)nc(N)c2cc(Cc3ccccn3)nn12. The third kappa shape index (κ3) is 3.24. The maximum absolute atomic E-state index is 9.68. The number of nitriles is 1. The molecule has 0 aliphatic rings. The first-order valence-corrected chi connectivity index (χ1v) is 10.2. The first-order valence-electron chi connectivity index (χ1n) is 10.2. The third-order valence-corrected chi connectivity index (χ3v) is 5.24. The van der Waals surface area contributed by atoms with Crippen molar-refractivity contribution in [2.45, 2.75) is 19.9 Å². The zero-order valence-corrected chi connectivity index (χ0v) is 17.3. The Kier molecular flexibility index (Phi) is 4.80. The highest BCUT2D eigenvalue weighted by atomic mass is 15.4. The van der Waals surface area contributed by atoms with Crippen molar-refractivity contribution in [1.82, 2.24) is 34.6 Å². The molecule has 2 N–H and O–H groups in total. The molecule has 1 aromatic carbocycles. The van der Waals surface area contributed by atoms with Crippen molar-refractivity contribution in [1.29, 1.82) is 5.26 Å². The molecule has 5 aromatic rings. The van der Waals surface area contributed by atoms with E-state index in [1.165, 1.54) is 0 Å². The smallest absolute Gasteiger partial charge is 0.150 e. The van der Waals surface area contributed by atoms with Gasteiger partial charge in [-0.1, -0.05) is 29.5 Å². The second-order valence-corrected chi connectivity index (χ2v) is 7.22. The summed E-state index contributed by atoms with van der Waals surface area (Å²) in [5.74, 6) is 0.326. The van der Waals surface area contributed by atoms with Crippen LogP contribution >= 0.6 is 0 Å². The van der Waals surface area contributed by atoms with Crippen molar-refractivity contribution in [2.24, 2.45) is 0 Å². The van der Waals surface area contributed by atoms with E-state index < -0.39 is 0 Å². The number of nitrogens with two attached hydrogens (primary N) is 1. The summed E-state index contributed by atoms with van der Waals surface area (Å²) in [6.45, 7) is 2.60. The molecule has 5 rings (SSSR count). The summed E-state index contributed by atoms with van der Waals surface area (Å²) in [6, 6.07) is 17.2. The van der Waals surface area contributed by atoms with E-state index in [4.69, 9.17) is 15.8 Å². The third-order valence-electron chi connectivity index (χ3n) is 5.24. The average molecular weight is 421 g/mol. The molecule has 0 spiro atoms. The first-order chi connectivity index (χ1) is 15.7. The Morgan fingerprint density at radius 3 is 2.72 bits per heavy atom. The number of aromatic nitrogens is 7. The fraction of sp³-hybridized carbons (Fsp3) is 0.130. The molecule has 9 nitrogen and oxygen atoms in total. The second kappa shape index (κ2) is 7.92. The van der Waals surface area contributed by atoms with E-state index in [9.17, 15) is 5.26 Å². The van der Waals surface area contributed by atoms with Gasteiger partial charge in [-0.15, -0.1) is 5.10 Å². The van der Waals surface area contributed by atoms with Gasteiger partial charge in [0, 0.05) is 30.4 Å². The Hall–Kier alpha value is -4.58. The molecule has 32 heavy (non-hydrogen) atoms. The zero-order valence-electron chi connectivity index (χ0n) is 17.3. The summed E-state index contributed by atoms with van der Waals surface area (Å²) in [7, 11) is 0. The maximum Gasteiger partial charge on any atom is 0.150 e. The number of benzene rings is 1. The molecule has 0 fully saturated rings. The van der Waals surface area contributed by atoms with Gasteiger partial charge in [-0.2, -0.15) is 10.4 Å². The topological polar surface area (TPSA) is 124 Å². The van der Waals surface area contributed by atoms with Crippen LogP contribution < -0.4 is 5.73 Å². The lowest BCUT2D eigenvalue weighted by molar-refractivity contribution is 0.630. The summed E-state index contributed by atoms with van der Waals surface area (Å²) in [5.41, 5.74) is 11.9. The minimum absolute atomic E-state index is 0.326. The van der Waals surface area contributed by atoms with E-state index in [0.29, 0.717) is 46.8 Å². The van der Waals surface area contributed by atoms with E-state index >= 15 is 0 Å². The van der Waals surface area contributed by atoms with Crippen molar-refractivity contribution < 1.29 is 0 Å². The zero-order chi connectivity index (χ0) is 22.1. The Labute approximate surface area is 183 Å². The van der Waals surface area contributed by atoms with Crippen LogP contribution in [0.2, 0.25) is 0 Å². The number of pyridine rings is 1. The van der Waals surface area contributed by atoms with Crippen LogP contribution in [0.1, 0.15) is 23.9 Å². The van der Waals surface area contributed by atoms with Crippen LogP contribution in [0.4, 0.5) is 5.82 Å². The highest BCUT2D eigenvalue weighted by Crippen LogP contribution is 2.34. The van der Waals surface area contributed by atoms with Crippen LogP contribution in [-0.2, 0) is 13.0 Å². The van der Waals surface area contributed by atoms with Crippen molar-refractivity contribution in [3.63, 3.8) is 0 Å². The molecule has 4 aromatic heterocycles. The van der Waals surface area contributed by atoms with E-state index in [0.717, 1.165) is 17.1 Å². The fourth-order valence-corrected chi connectivity index (χ4v) is 3.77. The highest BCUT2D eigenvalue weighted by Gasteiger charge is 2.23. The van der Waals surface area contributed by atoms with Crippen LogP contribution in [-0.4, -0.2) is 34.6 Å². The Balaban J connectivity index is 1.80. The first kappa shape index (κ1) is 19.4. The molecule has 0 amide bonds. The molecular weight excluding hydrogens is 402 g/mol. The number of nitrogen functional groups attached to an aromatic ring is 1. The van der Waals surface area contributed by atoms with Gasteiger partial charge < -0.3 is 5.73 Å². The Morgan fingerprint density at radius 2 is 1.94 bits per heavy atom. The maximum atomic E-state index is 9.68. The van der Waals surface area contributed by atoms with Crippen LogP contribution in [0.3, 0.4) is 0 Å². The van der Waals surface area contributed by atoms with E-state index in [-0.39, 0.29) is 0 Å². The van der Waals surface area contributed by atoms with Crippen molar-refractivity contribution in [3.05, 3.63) is 77.9 Å². The van der Waals surface area contributed by atoms with Gasteiger partial charge in [0.1, 0.15) is 28.4 Å². The van der Waals surface area contributed by atoms with Crippen molar-refractivity contribution in [2.75, 3.05) is 5.73 Å². The monoisotopic (exact) mass is 421 g/mol. The van der Waals surface area contributed by atoms with Gasteiger partial charge in [0.05, 0.1) is 23.5 Å². The molecular formula is C23H19N9. The van der Waals surface area contributed by atoms with Gasteiger partial charge in [0.15, 0.2) is 0 Å². The summed E-state index contributed by atoms with van der Waals surface area (Å²) in [5, 5.41) is 22.8. The number of nitrogens with zero attached hydrogens (tertiary/aromatic N) is 8. The summed E-state index contributed by atoms with van der Waals surface area (Å²) >= 11 is 0. The summed E-state index contributed by atoms with van der Waals surface area (Å²) < 4.78 is 3.54. The van der Waals surface area contributed by atoms with Crippen LogP contribution in [0.5, 0.6) is 0 Å². The van der Waals surface area contributed by atoms with Gasteiger partial charge in [-0.25, -0.2) is 14.2 Å². The van der Waals surface area contributed by atoms with Gasteiger partial charge in [-0.3, -0.25) is 4.98 Å². The molecule has 0 radical (unpaired) electrons. The van der Waals surface area contributed by atoms with Crippen molar-refractivity contribution in [3.8, 4) is 28.7 Å². The second-order valence-electron chi connectivity index (χ2n) is 7.22. The largest absolute Gasteiger partial charge is 0.382 e. The Morgan fingerprint density at radius 1 is 1.09 bits per heavy atom. The van der Waals surface area contributed by atoms with Crippen molar-refractivity contribution >= 4 is 11.3 Å². The number of anilines is 1. The number of hydrogen-bond donors (Lipinski definition) is 1. The lowest BCUT2D eigenvalue weighted by atomic mass is 10.0. The highest BCUT2D eigenvalue weighted by molar-refractivity contribution is 5.84. The molecule has 0 saturated carbocycles. The molecule has 0 aliphatic heterocycles. The molecule has 9 heteroatoms. The minimum atomic E-state index is 0.326. The molecule has 0 saturated heterocycles. The van der Waals surface area contributed by atoms with E-state index in [1.807, 2.05) is 49.4 Å². The lowest BCUT2D eigenvalue weighted by Gasteiger charge is -2.14. The van der Waals surface area contributed by atoms with Crippen LogP contribution in [0, 0.1) is 11.3 Å². The van der Waals surface area contributed by atoms with Gasteiger partial charge in [-0.05, 0) is 31.2 Å². The van der Waals surface area contributed by atoms with Gasteiger partial charge >= 0.3 is 0 Å².